The lowest BCUT2D eigenvalue weighted by atomic mass is 9.88. The van der Waals surface area contributed by atoms with Crippen LogP contribution in [0.5, 0.6) is 0 Å². The van der Waals surface area contributed by atoms with E-state index in [4.69, 9.17) is 4.74 Å². The molecular weight excluding hydrogens is 302 g/mol. The highest BCUT2D eigenvalue weighted by atomic mass is 16.5. The maximum atomic E-state index is 12.5. The van der Waals surface area contributed by atoms with Gasteiger partial charge >= 0.3 is 5.97 Å². The Balaban J connectivity index is 1.91. The quantitative estimate of drug-likeness (QED) is 0.796. The minimum absolute atomic E-state index is 0.212. The number of carbonyl (C=O) groups is 1. The Kier molecular flexibility index (Phi) is 3.46. The maximum Gasteiger partial charge on any atom is 0.328 e. The SMILES string of the molecule is CCOC(=O)C1CC(C#N)C2c3ncccc3-c3ccccc3N12. The molecule has 1 fully saturated rings. The first-order chi connectivity index (χ1) is 11.8. The Morgan fingerprint density at radius 3 is 2.92 bits per heavy atom. The van der Waals surface area contributed by atoms with Gasteiger partial charge in [0, 0.05) is 23.0 Å². The average Bonchev–Trinajstić information content (AvgIpc) is 3.02. The van der Waals surface area contributed by atoms with E-state index in [0.29, 0.717) is 13.0 Å². The fraction of sp³-hybridized carbons (Fsp3) is 0.316. The topological polar surface area (TPSA) is 66.2 Å². The van der Waals surface area contributed by atoms with Crippen molar-refractivity contribution in [2.45, 2.75) is 25.4 Å². The number of aromatic nitrogens is 1. The van der Waals surface area contributed by atoms with Gasteiger partial charge in [-0.1, -0.05) is 24.3 Å². The second-order valence-electron chi connectivity index (χ2n) is 6.04. The van der Waals surface area contributed by atoms with Gasteiger partial charge in [-0.3, -0.25) is 4.98 Å². The Bertz CT molecular complexity index is 843. The third-order valence-electron chi connectivity index (χ3n) is 4.81. The molecule has 4 rings (SSSR count). The first-order valence-corrected chi connectivity index (χ1v) is 8.15. The normalized spacial score (nSPS) is 23.7. The molecule has 5 heteroatoms. The smallest absolute Gasteiger partial charge is 0.328 e. The molecule has 0 bridgehead atoms. The van der Waals surface area contributed by atoms with Gasteiger partial charge in [0.2, 0.25) is 0 Å². The predicted molar refractivity (Wildman–Crippen MR) is 89.0 cm³/mol. The van der Waals surface area contributed by atoms with Gasteiger partial charge in [-0.05, 0) is 25.5 Å². The third kappa shape index (κ3) is 2.00. The highest BCUT2D eigenvalue weighted by Crippen LogP contribution is 2.52. The van der Waals surface area contributed by atoms with Gasteiger partial charge in [0.1, 0.15) is 6.04 Å². The van der Waals surface area contributed by atoms with E-state index in [1.54, 1.807) is 13.1 Å². The fourth-order valence-corrected chi connectivity index (χ4v) is 3.89. The van der Waals surface area contributed by atoms with E-state index in [-0.39, 0.29) is 17.9 Å². The molecule has 3 heterocycles. The first kappa shape index (κ1) is 14.7. The van der Waals surface area contributed by atoms with Crippen LogP contribution in [0.2, 0.25) is 0 Å². The van der Waals surface area contributed by atoms with Crippen LogP contribution in [-0.4, -0.2) is 23.6 Å². The predicted octanol–water partition coefficient (Wildman–Crippen LogP) is 3.08. The van der Waals surface area contributed by atoms with Crippen molar-refractivity contribution in [1.82, 2.24) is 4.98 Å². The van der Waals surface area contributed by atoms with Crippen LogP contribution in [0, 0.1) is 17.2 Å². The molecule has 0 saturated carbocycles. The minimum atomic E-state index is -0.448. The second kappa shape index (κ2) is 5.64. The molecule has 2 aliphatic heterocycles. The van der Waals surface area contributed by atoms with Crippen LogP contribution in [-0.2, 0) is 9.53 Å². The summed E-state index contributed by atoms with van der Waals surface area (Å²) in [6.45, 7) is 2.13. The van der Waals surface area contributed by atoms with Gasteiger partial charge in [0.05, 0.1) is 30.3 Å². The molecule has 2 aliphatic rings. The molecule has 1 aromatic carbocycles. The Morgan fingerprint density at radius 1 is 1.33 bits per heavy atom. The molecule has 0 spiro atoms. The summed E-state index contributed by atoms with van der Waals surface area (Å²) in [5.74, 6) is -0.559. The van der Waals surface area contributed by atoms with Gasteiger partial charge in [-0.25, -0.2) is 4.79 Å². The van der Waals surface area contributed by atoms with Gasteiger partial charge < -0.3 is 9.64 Å². The number of esters is 1. The van der Waals surface area contributed by atoms with Crippen molar-refractivity contribution in [1.29, 1.82) is 5.26 Å². The summed E-state index contributed by atoms with van der Waals surface area (Å²) in [6.07, 6.45) is 2.21. The number of nitriles is 1. The number of pyridine rings is 1. The van der Waals surface area contributed by atoms with E-state index in [2.05, 4.69) is 11.1 Å². The molecule has 1 aromatic heterocycles. The number of carbonyl (C=O) groups excluding carboxylic acids is 1. The number of para-hydroxylation sites is 1. The second-order valence-corrected chi connectivity index (χ2v) is 6.04. The summed E-state index contributed by atoms with van der Waals surface area (Å²) in [4.78, 5) is 19.1. The molecule has 120 valence electrons. The van der Waals surface area contributed by atoms with E-state index >= 15 is 0 Å². The lowest BCUT2D eigenvalue weighted by Crippen LogP contribution is -2.41. The largest absolute Gasteiger partial charge is 0.464 e. The monoisotopic (exact) mass is 319 g/mol. The van der Waals surface area contributed by atoms with Crippen molar-refractivity contribution in [2.24, 2.45) is 5.92 Å². The van der Waals surface area contributed by atoms with Crippen LogP contribution in [0.25, 0.3) is 11.1 Å². The Labute approximate surface area is 140 Å². The highest BCUT2D eigenvalue weighted by Gasteiger charge is 2.50. The molecule has 24 heavy (non-hydrogen) atoms. The number of benzene rings is 1. The average molecular weight is 319 g/mol. The Morgan fingerprint density at radius 2 is 2.12 bits per heavy atom. The minimum Gasteiger partial charge on any atom is -0.464 e. The van der Waals surface area contributed by atoms with Gasteiger partial charge in [-0.2, -0.15) is 5.26 Å². The van der Waals surface area contributed by atoms with Crippen LogP contribution in [0.3, 0.4) is 0 Å². The van der Waals surface area contributed by atoms with Crippen molar-refractivity contribution >= 4 is 11.7 Å². The number of rotatable bonds is 2. The summed E-state index contributed by atoms with van der Waals surface area (Å²) in [6, 6.07) is 13.6. The Hall–Kier alpha value is -2.87. The van der Waals surface area contributed by atoms with Gasteiger partial charge in [-0.15, -0.1) is 0 Å². The van der Waals surface area contributed by atoms with Gasteiger partial charge in [0.25, 0.3) is 0 Å². The van der Waals surface area contributed by atoms with E-state index in [1.165, 1.54) is 0 Å². The van der Waals surface area contributed by atoms with Crippen LogP contribution >= 0.6 is 0 Å². The summed E-state index contributed by atoms with van der Waals surface area (Å²) < 4.78 is 5.26. The summed E-state index contributed by atoms with van der Waals surface area (Å²) in [7, 11) is 0. The van der Waals surface area contributed by atoms with Crippen LogP contribution < -0.4 is 4.90 Å². The number of hydrogen-bond acceptors (Lipinski definition) is 5. The van der Waals surface area contributed by atoms with Crippen molar-refractivity contribution < 1.29 is 9.53 Å². The molecule has 0 N–H and O–H groups in total. The molecule has 2 aromatic rings. The van der Waals surface area contributed by atoms with E-state index < -0.39 is 6.04 Å². The van der Waals surface area contributed by atoms with E-state index in [9.17, 15) is 10.1 Å². The zero-order valence-corrected chi connectivity index (χ0v) is 13.3. The van der Waals surface area contributed by atoms with Gasteiger partial charge in [0.15, 0.2) is 0 Å². The van der Waals surface area contributed by atoms with Crippen LogP contribution in [0.4, 0.5) is 5.69 Å². The number of fused-ring (bicyclic) bond motifs is 6. The summed E-state index contributed by atoms with van der Waals surface area (Å²) in [5, 5.41) is 9.65. The molecule has 1 saturated heterocycles. The maximum absolute atomic E-state index is 12.5. The number of ether oxygens (including phenoxy) is 1. The third-order valence-corrected chi connectivity index (χ3v) is 4.81. The zero-order chi connectivity index (χ0) is 16.7. The zero-order valence-electron chi connectivity index (χ0n) is 13.3. The van der Waals surface area contributed by atoms with Crippen molar-refractivity contribution in [3.8, 4) is 17.2 Å². The number of anilines is 1. The fourth-order valence-electron chi connectivity index (χ4n) is 3.89. The summed E-state index contributed by atoms with van der Waals surface area (Å²) >= 11 is 0. The lowest BCUT2D eigenvalue weighted by Gasteiger charge is -2.37. The van der Waals surface area contributed by atoms with Crippen molar-refractivity contribution in [2.75, 3.05) is 11.5 Å². The van der Waals surface area contributed by atoms with Crippen LogP contribution in [0.1, 0.15) is 25.1 Å². The number of hydrogen-bond donors (Lipinski definition) is 0. The summed E-state index contributed by atoms with van der Waals surface area (Å²) in [5.41, 5.74) is 3.93. The number of nitrogens with zero attached hydrogens (tertiary/aromatic N) is 3. The highest BCUT2D eigenvalue weighted by molar-refractivity contribution is 5.90. The molecule has 0 radical (unpaired) electrons. The van der Waals surface area contributed by atoms with Crippen molar-refractivity contribution in [3.63, 3.8) is 0 Å². The first-order valence-electron chi connectivity index (χ1n) is 8.15. The molecular formula is C19H17N3O2. The van der Waals surface area contributed by atoms with E-state index in [0.717, 1.165) is 22.5 Å². The molecule has 3 atom stereocenters. The van der Waals surface area contributed by atoms with Crippen molar-refractivity contribution in [3.05, 3.63) is 48.3 Å². The standard InChI is InChI=1S/C19H17N3O2/c1-2-24-19(23)16-10-12(11-20)18-17-14(7-5-9-21-17)13-6-3-4-8-15(13)22(16)18/h3-9,12,16,18H,2,10H2,1H3. The molecule has 0 aliphatic carbocycles. The molecule has 5 nitrogen and oxygen atoms in total. The lowest BCUT2D eigenvalue weighted by molar-refractivity contribution is -0.144. The molecule has 3 unspecified atom stereocenters. The van der Waals surface area contributed by atoms with E-state index in [1.807, 2.05) is 41.3 Å². The molecule has 0 amide bonds. The van der Waals surface area contributed by atoms with Crippen LogP contribution in [0.15, 0.2) is 42.6 Å².